The van der Waals surface area contributed by atoms with Gasteiger partial charge in [0.05, 0.1) is 23.0 Å². The van der Waals surface area contributed by atoms with Crippen molar-refractivity contribution < 1.29 is 0 Å². The Bertz CT molecular complexity index is 589. The largest absolute Gasteiger partial charge is 0.309 e. The van der Waals surface area contributed by atoms with Crippen LogP contribution in [0.4, 0.5) is 0 Å². The predicted octanol–water partition coefficient (Wildman–Crippen LogP) is 4.32. The average molecular weight is 306 g/mol. The Kier molecular flexibility index (Phi) is 5.43. The van der Waals surface area contributed by atoms with Crippen LogP contribution < -0.4 is 5.32 Å². The summed E-state index contributed by atoms with van der Waals surface area (Å²) < 4.78 is 2.02. The minimum atomic E-state index is 0.175. The highest BCUT2D eigenvalue weighted by atomic mass is 35.5. The van der Waals surface area contributed by atoms with Crippen LogP contribution >= 0.6 is 11.6 Å². The maximum absolute atomic E-state index is 6.39. The van der Waals surface area contributed by atoms with E-state index in [0.717, 1.165) is 23.7 Å². The Morgan fingerprint density at radius 2 is 2.10 bits per heavy atom. The summed E-state index contributed by atoms with van der Waals surface area (Å²) >= 11 is 6.39. The van der Waals surface area contributed by atoms with Crippen molar-refractivity contribution in [2.24, 2.45) is 0 Å². The van der Waals surface area contributed by atoms with E-state index < -0.39 is 0 Å². The molecule has 0 fully saturated rings. The van der Waals surface area contributed by atoms with Gasteiger partial charge in [0.1, 0.15) is 0 Å². The van der Waals surface area contributed by atoms with Crippen LogP contribution in [0.3, 0.4) is 0 Å². The van der Waals surface area contributed by atoms with Crippen LogP contribution in [-0.2, 0) is 6.42 Å². The zero-order chi connectivity index (χ0) is 15.4. The molecule has 3 nitrogen and oxygen atoms in total. The van der Waals surface area contributed by atoms with Crippen LogP contribution in [0.1, 0.15) is 49.7 Å². The highest BCUT2D eigenvalue weighted by Gasteiger charge is 2.21. The van der Waals surface area contributed by atoms with Gasteiger partial charge in [0.2, 0.25) is 0 Å². The second-order valence-electron chi connectivity index (χ2n) is 5.72. The van der Waals surface area contributed by atoms with E-state index in [1.54, 1.807) is 6.20 Å². The third-order valence-electron chi connectivity index (χ3n) is 3.58. The van der Waals surface area contributed by atoms with Gasteiger partial charge in [0.25, 0.3) is 0 Å². The molecule has 1 unspecified atom stereocenters. The van der Waals surface area contributed by atoms with Gasteiger partial charge in [-0.2, -0.15) is 5.10 Å². The molecule has 1 N–H and O–H groups in total. The van der Waals surface area contributed by atoms with Crippen LogP contribution in [0.25, 0.3) is 0 Å². The fourth-order valence-electron chi connectivity index (χ4n) is 2.68. The van der Waals surface area contributed by atoms with Gasteiger partial charge in [-0.3, -0.25) is 4.68 Å². The normalized spacial score (nSPS) is 12.9. The van der Waals surface area contributed by atoms with Gasteiger partial charge < -0.3 is 5.32 Å². The van der Waals surface area contributed by atoms with Crippen LogP contribution in [0.5, 0.6) is 0 Å². The summed E-state index contributed by atoms with van der Waals surface area (Å²) in [6.07, 6.45) is 2.66. The Morgan fingerprint density at radius 3 is 2.71 bits per heavy atom. The molecule has 2 aromatic rings. The Balaban J connectivity index is 2.33. The first-order valence-corrected chi connectivity index (χ1v) is 7.92. The molecule has 0 saturated carbocycles. The number of rotatable bonds is 6. The lowest BCUT2D eigenvalue weighted by Crippen LogP contribution is -2.26. The minimum absolute atomic E-state index is 0.175. The summed E-state index contributed by atoms with van der Waals surface area (Å²) in [4.78, 5) is 0. The molecule has 1 atom stereocenters. The van der Waals surface area contributed by atoms with Gasteiger partial charge in [-0.05, 0) is 39.3 Å². The lowest BCUT2D eigenvalue weighted by atomic mass is 10.0. The molecule has 0 amide bonds. The number of nitrogens with zero attached hydrogens (tertiary/aromatic N) is 2. The van der Waals surface area contributed by atoms with Gasteiger partial charge in [-0.1, -0.05) is 48.4 Å². The molecule has 0 saturated heterocycles. The van der Waals surface area contributed by atoms with Crippen molar-refractivity contribution in [2.75, 3.05) is 6.54 Å². The number of halogens is 1. The van der Waals surface area contributed by atoms with E-state index in [2.05, 4.69) is 62.4 Å². The number of nitrogens with one attached hydrogen (secondary N) is 1. The third kappa shape index (κ3) is 3.86. The predicted molar refractivity (Wildman–Crippen MR) is 88.9 cm³/mol. The molecule has 114 valence electrons. The summed E-state index contributed by atoms with van der Waals surface area (Å²) in [6, 6.07) is 9.10. The Morgan fingerprint density at radius 1 is 1.33 bits per heavy atom. The fraction of sp³-hybridized carbons (Fsp3) is 0.471. The lowest BCUT2D eigenvalue weighted by molar-refractivity contribution is 0.448. The maximum atomic E-state index is 6.39. The molecule has 21 heavy (non-hydrogen) atoms. The average Bonchev–Trinajstić information content (AvgIpc) is 2.80. The topological polar surface area (TPSA) is 29.9 Å². The number of hydrogen-bond donors (Lipinski definition) is 1. The number of likely N-dealkylation sites (N-methyl/N-ethyl adjacent to an activating group) is 1. The second kappa shape index (κ2) is 7.10. The Labute approximate surface area is 132 Å². The van der Waals surface area contributed by atoms with E-state index >= 15 is 0 Å². The van der Waals surface area contributed by atoms with E-state index in [4.69, 9.17) is 11.6 Å². The SMILES string of the molecule is CCNC(Cc1cccc(C)c1)c1c(Cl)cnn1C(C)C. The number of hydrogen-bond acceptors (Lipinski definition) is 2. The van der Waals surface area contributed by atoms with E-state index in [0.29, 0.717) is 6.04 Å². The van der Waals surface area contributed by atoms with Crippen molar-refractivity contribution in [3.63, 3.8) is 0 Å². The number of aryl methyl sites for hydroxylation is 1. The second-order valence-corrected chi connectivity index (χ2v) is 6.13. The molecule has 1 heterocycles. The van der Waals surface area contributed by atoms with Crippen LogP contribution in [0, 0.1) is 6.92 Å². The van der Waals surface area contributed by atoms with Crippen molar-refractivity contribution >= 4 is 11.6 Å². The van der Waals surface area contributed by atoms with Crippen molar-refractivity contribution in [2.45, 2.75) is 46.2 Å². The van der Waals surface area contributed by atoms with Crippen molar-refractivity contribution in [1.82, 2.24) is 15.1 Å². The smallest absolute Gasteiger partial charge is 0.0834 e. The number of benzene rings is 1. The summed E-state index contributed by atoms with van der Waals surface area (Å²) in [6.45, 7) is 9.39. The summed E-state index contributed by atoms with van der Waals surface area (Å²) in [5, 5.41) is 8.70. The summed E-state index contributed by atoms with van der Waals surface area (Å²) in [5.41, 5.74) is 3.68. The highest BCUT2D eigenvalue weighted by Crippen LogP contribution is 2.28. The van der Waals surface area contributed by atoms with Gasteiger partial charge in [0.15, 0.2) is 0 Å². The van der Waals surface area contributed by atoms with E-state index in [1.807, 2.05) is 4.68 Å². The first-order chi connectivity index (χ1) is 10.0. The zero-order valence-corrected chi connectivity index (χ0v) is 14.0. The molecule has 0 aliphatic rings. The first-order valence-electron chi connectivity index (χ1n) is 7.54. The standard InChI is InChI=1S/C17H24ClN3/c1-5-19-16(10-14-8-6-7-13(4)9-14)17-15(18)11-20-21(17)12(2)3/h6-9,11-12,16,19H,5,10H2,1-4H3. The Hall–Kier alpha value is -1.32. The molecule has 0 spiro atoms. The zero-order valence-electron chi connectivity index (χ0n) is 13.2. The molecule has 0 radical (unpaired) electrons. The minimum Gasteiger partial charge on any atom is -0.309 e. The van der Waals surface area contributed by atoms with E-state index in [-0.39, 0.29) is 6.04 Å². The molecule has 1 aromatic heterocycles. The first kappa shape index (κ1) is 16.1. The van der Waals surface area contributed by atoms with Gasteiger partial charge in [0, 0.05) is 6.04 Å². The molecule has 0 bridgehead atoms. The van der Waals surface area contributed by atoms with E-state index in [1.165, 1.54) is 11.1 Å². The van der Waals surface area contributed by atoms with Crippen LogP contribution in [-0.4, -0.2) is 16.3 Å². The van der Waals surface area contributed by atoms with Crippen molar-refractivity contribution in [1.29, 1.82) is 0 Å². The fourth-order valence-corrected chi connectivity index (χ4v) is 2.94. The van der Waals surface area contributed by atoms with E-state index in [9.17, 15) is 0 Å². The summed E-state index contributed by atoms with van der Waals surface area (Å²) in [7, 11) is 0. The molecule has 0 aliphatic heterocycles. The van der Waals surface area contributed by atoms with Crippen LogP contribution in [0.15, 0.2) is 30.5 Å². The third-order valence-corrected chi connectivity index (χ3v) is 3.87. The van der Waals surface area contributed by atoms with Gasteiger partial charge in [-0.25, -0.2) is 0 Å². The molecular formula is C17H24ClN3. The monoisotopic (exact) mass is 305 g/mol. The maximum Gasteiger partial charge on any atom is 0.0834 e. The van der Waals surface area contributed by atoms with Crippen LogP contribution in [0.2, 0.25) is 5.02 Å². The van der Waals surface area contributed by atoms with Crippen molar-refractivity contribution in [3.8, 4) is 0 Å². The quantitative estimate of drug-likeness (QED) is 0.861. The lowest BCUT2D eigenvalue weighted by Gasteiger charge is -2.22. The summed E-state index contributed by atoms with van der Waals surface area (Å²) in [5.74, 6) is 0. The number of aromatic nitrogens is 2. The molecule has 4 heteroatoms. The highest BCUT2D eigenvalue weighted by molar-refractivity contribution is 6.31. The van der Waals surface area contributed by atoms with Gasteiger partial charge >= 0.3 is 0 Å². The van der Waals surface area contributed by atoms with Crippen molar-refractivity contribution in [3.05, 3.63) is 52.3 Å². The van der Waals surface area contributed by atoms with Gasteiger partial charge in [-0.15, -0.1) is 0 Å². The molecule has 2 rings (SSSR count). The molecular weight excluding hydrogens is 282 g/mol. The molecule has 1 aromatic carbocycles. The molecule has 0 aliphatic carbocycles.